The van der Waals surface area contributed by atoms with Gasteiger partial charge >= 0.3 is 0 Å². The number of halogens is 1. The van der Waals surface area contributed by atoms with Crippen molar-refractivity contribution in [1.82, 2.24) is 0 Å². The Morgan fingerprint density at radius 1 is 1.38 bits per heavy atom. The van der Waals surface area contributed by atoms with Crippen LogP contribution in [0.15, 0.2) is 0 Å². The summed E-state index contributed by atoms with van der Waals surface area (Å²) in [6.07, 6.45) is 1.73. The van der Waals surface area contributed by atoms with Gasteiger partial charge in [0, 0.05) is 0 Å². The maximum absolute atomic E-state index is 12.7. The van der Waals surface area contributed by atoms with Gasteiger partial charge in [0.15, 0.2) is 0 Å². The standard InChI is InChI=1S/C7H13F/c1-5(2)7(8)6-3-4-6/h5-7H,3-4H2,1-2H3/t7-/m0/s1. The minimum absolute atomic E-state index is 0.238. The van der Waals surface area contributed by atoms with E-state index < -0.39 is 6.17 Å². The molecule has 1 aliphatic carbocycles. The van der Waals surface area contributed by atoms with Gasteiger partial charge < -0.3 is 0 Å². The second-order valence-electron chi connectivity index (χ2n) is 3.03. The lowest BCUT2D eigenvalue weighted by Gasteiger charge is -2.08. The van der Waals surface area contributed by atoms with Crippen LogP contribution >= 0.6 is 0 Å². The van der Waals surface area contributed by atoms with Crippen molar-refractivity contribution >= 4 is 0 Å². The molecule has 0 radical (unpaired) electrons. The summed E-state index contributed by atoms with van der Waals surface area (Å²) < 4.78 is 12.7. The Balaban J connectivity index is 2.22. The molecule has 0 aromatic heterocycles. The van der Waals surface area contributed by atoms with Gasteiger partial charge in [0.2, 0.25) is 0 Å². The van der Waals surface area contributed by atoms with Crippen molar-refractivity contribution in [2.24, 2.45) is 11.8 Å². The Kier molecular flexibility index (Phi) is 1.54. The smallest absolute Gasteiger partial charge is 0.105 e. The average molecular weight is 116 g/mol. The lowest BCUT2D eigenvalue weighted by atomic mass is 10.1. The van der Waals surface area contributed by atoms with Gasteiger partial charge in [-0.3, -0.25) is 0 Å². The first kappa shape index (κ1) is 6.06. The van der Waals surface area contributed by atoms with Crippen LogP contribution in [0.25, 0.3) is 0 Å². The molecule has 0 aromatic carbocycles. The Bertz CT molecular complexity index is 72.5. The molecule has 1 fully saturated rings. The molecule has 0 spiro atoms. The summed E-state index contributed by atoms with van der Waals surface area (Å²) >= 11 is 0. The minimum Gasteiger partial charge on any atom is -0.247 e. The van der Waals surface area contributed by atoms with Crippen LogP contribution in [0.1, 0.15) is 26.7 Å². The molecule has 0 amide bonds. The van der Waals surface area contributed by atoms with Gasteiger partial charge in [-0.2, -0.15) is 0 Å². The molecule has 1 heteroatoms. The maximum atomic E-state index is 12.7. The summed E-state index contributed by atoms with van der Waals surface area (Å²) in [6.45, 7) is 3.89. The number of hydrogen-bond donors (Lipinski definition) is 0. The maximum Gasteiger partial charge on any atom is 0.105 e. The topological polar surface area (TPSA) is 0 Å². The molecule has 0 saturated heterocycles. The fourth-order valence-corrected chi connectivity index (χ4v) is 0.959. The highest BCUT2D eigenvalue weighted by atomic mass is 19.1. The van der Waals surface area contributed by atoms with Gasteiger partial charge in [0.1, 0.15) is 6.17 Å². The van der Waals surface area contributed by atoms with Gasteiger partial charge in [0.05, 0.1) is 0 Å². The normalized spacial score (nSPS) is 24.0. The number of hydrogen-bond acceptors (Lipinski definition) is 0. The van der Waals surface area contributed by atoms with Crippen LogP contribution in [-0.4, -0.2) is 6.17 Å². The minimum atomic E-state index is -0.519. The molecule has 1 saturated carbocycles. The molecule has 1 rings (SSSR count). The molecule has 48 valence electrons. The predicted octanol–water partition coefficient (Wildman–Crippen LogP) is 2.39. The fourth-order valence-electron chi connectivity index (χ4n) is 0.959. The highest BCUT2D eigenvalue weighted by Crippen LogP contribution is 2.37. The van der Waals surface area contributed by atoms with Gasteiger partial charge in [-0.25, -0.2) is 4.39 Å². The van der Waals surface area contributed by atoms with Crippen LogP contribution in [0.3, 0.4) is 0 Å². The summed E-state index contributed by atoms with van der Waals surface area (Å²) in [7, 11) is 0. The van der Waals surface area contributed by atoms with E-state index in [-0.39, 0.29) is 5.92 Å². The van der Waals surface area contributed by atoms with E-state index in [1.807, 2.05) is 13.8 Å². The first-order valence-electron chi connectivity index (χ1n) is 3.36. The van der Waals surface area contributed by atoms with Crippen molar-refractivity contribution < 1.29 is 4.39 Å². The molecule has 0 bridgehead atoms. The van der Waals surface area contributed by atoms with Crippen LogP contribution in [-0.2, 0) is 0 Å². The van der Waals surface area contributed by atoms with Crippen LogP contribution in [0.5, 0.6) is 0 Å². The summed E-state index contributed by atoms with van der Waals surface area (Å²) in [5, 5.41) is 0. The summed E-state index contributed by atoms with van der Waals surface area (Å²) in [5.41, 5.74) is 0. The predicted molar refractivity (Wildman–Crippen MR) is 32.5 cm³/mol. The first-order valence-corrected chi connectivity index (χ1v) is 3.36. The molecule has 0 N–H and O–H groups in total. The van der Waals surface area contributed by atoms with Crippen LogP contribution in [0.2, 0.25) is 0 Å². The second-order valence-corrected chi connectivity index (χ2v) is 3.03. The van der Waals surface area contributed by atoms with E-state index in [1.165, 1.54) is 0 Å². The summed E-state index contributed by atoms with van der Waals surface area (Å²) in [5.74, 6) is 0.664. The largest absolute Gasteiger partial charge is 0.247 e. The average Bonchev–Trinajstić information content (AvgIpc) is 2.43. The molecule has 0 aliphatic heterocycles. The molecule has 0 heterocycles. The molecule has 1 atom stereocenters. The second kappa shape index (κ2) is 2.04. The van der Waals surface area contributed by atoms with Gasteiger partial charge in [-0.05, 0) is 24.7 Å². The summed E-state index contributed by atoms with van der Waals surface area (Å²) in [4.78, 5) is 0. The van der Waals surface area contributed by atoms with E-state index in [0.717, 1.165) is 12.8 Å². The molecule has 8 heavy (non-hydrogen) atoms. The lowest BCUT2D eigenvalue weighted by Crippen LogP contribution is -2.10. The third kappa shape index (κ3) is 1.21. The molecule has 0 nitrogen and oxygen atoms in total. The van der Waals surface area contributed by atoms with E-state index in [0.29, 0.717) is 5.92 Å². The van der Waals surface area contributed by atoms with Crippen LogP contribution < -0.4 is 0 Å². The van der Waals surface area contributed by atoms with Gasteiger partial charge in [-0.1, -0.05) is 13.8 Å². The van der Waals surface area contributed by atoms with E-state index in [9.17, 15) is 4.39 Å². The van der Waals surface area contributed by atoms with Crippen molar-refractivity contribution in [3.63, 3.8) is 0 Å². The number of alkyl halides is 1. The third-order valence-corrected chi connectivity index (χ3v) is 1.71. The highest BCUT2D eigenvalue weighted by Gasteiger charge is 2.32. The zero-order valence-electron chi connectivity index (χ0n) is 5.52. The Labute approximate surface area is 50.1 Å². The van der Waals surface area contributed by atoms with Crippen molar-refractivity contribution in [2.45, 2.75) is 32.9 Å². The SMILES string of the molecule is CC(C)[C@H](F)C1CC1. The van der Waals surface area contributed by atoms with Crippen molar-refractivity contribution in [1.29, 1.82) is 0 Å². The zero-order valence-corrected chi connectivity index (χ0v) is 5.52. The van der Waals surface area contributed by atoms with E-state index in [2.05, 4.69) is 0 Å². The van der Waals surface area contributed by atoms with Crippen molar-refractivity contribution in [2.75, 3.05) is 0 Å². The quantitative estimate of drug-likeness (QED) is 0.519. The van der Waals surface area contributed by atoms with E-state index in [1.54, 1.807) is 0 Å². The monoisotopic (exact) mass is 116 g/mol. The van der Waals surface area contributed by atoms with Crippen LogP contribution in [0, 0.1) is 11.8 Å². The molecular weight excluding hydrogens is 103 g/mol. The zero-order chi connectivity index (χ0) is 6.15. The fraction of sp³-hybridized carbons (Fsp3) is 1.00. The van der Waals surface area contributed by atoms with Gasteiger partial charge in [-0.15, -0.1) is 0 Å². The molecular formula is C7H13F. The lowest BCUT2D eigenvalue weighted by molar-refractivity contribution is 0.225. The molecule has 0 aromatic rings. The first-order chi connectivity index (χ1) is 3.72. The third-order valence-electron chi connectivity index (χ3n) is 1.71. The Morgan fingerprint density at radius 3 is 2.00 bits per heavy atom. The molecule has 1 aliphatic rings. The van der Waals surface area contributed by atoms with E-state index in [4.69, 9.17) is 0 Å². The Morgan fingerprint density at radius 2 is 1.88 bits per heavy atom. The van der Waals surface area contributed by atoms with Crippen LogP contribution in [0.4, 0.5) is 4.39 Å². The molecule has 0 unspecified atom stereocenters. The number of rotatable bonds is 2. The van der Waals surface area contributed by atoms with Crippen molar-refractivity contribution in [3.05, 3.63) is 0 Å². The Hall–Kier alpha value is -0.0700. The highest BCUT2D eigenvalue weighted by molar-refractivity contribution is 4.82. The summed E-state index contributed by atoms with van der Waals surface area (Å²) in [6, 6.07) is 0. The van der Waals surface area contributed by atoms with Gasteiger partial charge in [0.25, 0.3) is 0 Å². The van der Waals surface area contributed by atoms with Crippen molar-refractivity contribution in [3.8, 4) is 0 Å². The van der Waals surface area contributed by atoms with E-state index >= 15 is 0 Å².